The molecule has 0 bridgehead atoms. The van der Waals surface area contributed by atoms with Crippen LogP contribution in [0.4, 0.5) is 4.39 Å². The minimum absolute atomic E-state index is 0.0769. The molecule has 2 heterocycles. The Morgan fingerprint density at radius 1 is 1.19 bits per heavy atom. The highest BCUT2D eigenvalue weighted by Crippen LogP contribution is 2.40. The van der Waals surface area contributed by atoms with Gasteiger partial charge in [-0.25, -0.2) is 4.39 Å². The highest BCUT2D eigenvalue weighted by molar-refractivity contribution is 7.10. The van der Waals surface area contributed by atoms with Gasteiger partial charge in [-0.2, -0.15) is 0 Å². The van der Waals surface area contributed by atoms with E-state index >= 15 is 0 Å². The van der Waals surface area contributed by atoms with Crippen LogP contribution >= 0.6 is 22.9 Å². The van der Waals surface area contributed by atoms with Crippen LogP contribution in [-0.4, -0.2) is 12.7 Å². The van der Waals surface area contributed by atoms with Crippen LogP contribution in [0.1, 0.15) is 26.8 Å². The lowest BCUT2D eigenvalue weighted by Crippen LogP contribution is -2.28. The normalized spacial score (nSPS) is 13.5. The number of rotatable bonds is 4. The van der Waals surface area contributed by atoms with E-state index in [1.165, 1.54) is 23.5 Å². The second-order valence-corrected chi connectivity index (χ2v) is 7.05. The minimum atomic E-state index is -0.396. The van der Waals surface area contributed by atoms with Crippen LogP contribution in [0.25, 0.3) is 0 Å². The molecule has 1 unspecified atom stereocenters. The zero-order valence-corrected chi connectivity index (χ0v) is 14.9. The quantitative estimate of drug-likeness (QED) is 0.698. The van der Waals surface area contributed by atoms with E-state index in [0.29, 0.717) is 22.1 Å². The standard InChI is InChI=1S/C19H13ClFNO3S/c20-14-8-12(9-15-18(14)25-10-24-15)19(23)22-17(16-2-1-7-26-16)11-3-5-13(21)6-4-11/h1-9,17H,10H2,(H,22,23). The van der Waals surface area contributed by atoms with E-state index in [9.17, 15) is 9.18 Å². The van der Waals surface area contributed by atoms with Gasteiger partial charge in [-0.3, -0.25) is 4.79 Å². The molecule has 0 radical (unpaired) electrons. The molecule has 0 spiro atoms. The maximum atomic E-state index is 13.3. The molecular formula is C19H13ClFNO3S. The van der Waals surface area contributed by atoms with Crippen molar-refractivity contribution in [1.29, 1.82) is 0 Å². The van der Waals surface area contributed by atoms with E-state index in [1.54, 1.807) is 24.3 Å². The number of nitrogens with one attached hydrogen (secondary N) is 1. The largest absolute Gasteiger partial charge is 0.454 e. The molecule has 26 heavy (non-hydrogen) atoms. The van der Waals surface area contributed by atoms with E-state index in [-0.39, 0.29) is 18.5 Å². The minimum Gasteiger partial charge on any atom is -0.454 e. The first kappa shape index (κ1) is 16.9. The molecular weight excluding hydrogens is 377 g/mol. The predicted molar refractivity (Wildman–Crippen MR) is 97.6 cm³/mol. The van der Waals surface area contributed by atoms with Gasteiger partial charge < -0.3 is 14.8 Å². The summed E-state index contributed by atoms with van der Waals surface area (Å²) in [5, 5.41) is 5.23. The molecule has 0 saturated carbocycles. The van der Waals surface area contributed by atoms with Gasteiger partial charge in [-0.1, -0.05) is 29.8 Å². The van der Waals surface area contributed by atoms with Crippen LogP contribution < -0.4 is 14.8 Å². The lowest BCUT2D eigenvalue weighted by molar-refractivity contribution is 0.0943. The molecule has 7 heteroatoms. The number of carbonyl (C=O) groups is 1. The van der Waals surface area contributed by atoms with Gasteiger partial charge >= 0.3 is 0 Å². The molecule has 1 atom stereocenters. The SMILES string of the molecule is O=C(NC(c1ccc(F)cc1)c1cccs1)c1cc(Cl)c2c(c1)OCO2. The van der Waals surface area contributed by atoms with Crippen LogP contribution in [0.15, 0.2) is 53.9 Å². The predicted octanol–water partition coefficient (Wildman–Crippen LogP) is 4.79. The Morgan fingerprint density at radius 2 is 2.00 bits per heavy atom. The molecule has 1 aliphatic heterocycles. The Labute approximate surface area is 158 Å². The van der Waals surface area contributed by atoms with Crippen LogP contribution in [0, 0.1) is 5.82 Å². The van der Waals surface area contributed by atoms with E-state index in [2.05, 4.69) is 5.32 Å². The molecule has 1 N–H and O–H groups in total. The number of thiophene rings is 1. The maximum Gasteiger partial charge on any atom is 0.252 e. The van der Waals surface area contributed by atoms with Crippen LogP contribution in [0.3, 0.4) is 0 Å². The first-order valence-electron chi connectivity index (χ1n) is 7.80. The maximum absolute atomic E-state index is 13.3. The molecule has 1 aromatic heterocycles. The Bertz CT molecular complexity index is 944. The van der Waals surface area contributed by atoms with E-state index in [4.69, 9.17) is 21.1 Å². The number of ether oxygens (including phenoxy) is 2. The van der Waals surface area contributed by atoms with Crippen molar-refractivity contribution in [3.05, 3.63) is 80.8 Å². The van der Waals surface area contributed by atoms with Crippen molar-refractivity contribution in [3.8, 4) is 11.5 Å². The fraction of sp³-hybridized carbons (Fsp3) is 0.105. The molecule has 4 nitrogen and oxygen atoms in total. The van der Waals surface area contributed by atoms with Gasteiger partial charge in [0.05, 0.1) is 11.1 Å². The second-order valence-electron chi connectivity index (χ2n) is 5.67. The van der Waals surface area contributed by atoms with Gasteiger partial charge in [0.25, 0.3) is 5.91 Å². The average molecular weight is 390 g/mol. The molecule has 0 fully saturated rings. The number of benzene rings is 2. The van der Waals surface area contributed by atoms with Crippen molar-refractivity contribution >= 4 is 28.8 Å². The number of carbonyl (C=O) groups excluding carboxylic acids is 1. The molecule has 1 aliphatic rings. The molecule has 2 aromatic carbocycles. The summed E-state index contributed by atoms with van der Waals surface area (Å²) in [6, 6.07) is 12.6. The summed E-state index contributed by atoms with van der Waals surface area (Å²) in [7, 11) is 0. The van der Waals surface area contributed by atoms with Gasteiger partial charge in [0.1, 0.15) is 5.82 Å². The van der Waals surface area contributed by atoms with Crippen molar-refractivity contribution in [1.82, 2.24) is 5.32 Å². The van der Waals surface area contributed by atoms with Gasteiger partial charge in [-0.05, 0) is 41.3 Å². The van der Waals surface area contributed by atoms with Gasteiger partial charge in [0, 0.05) is 10.4 Å². The smallest absolute Gasteiger partial charge is 0.252 e. The molecule has 132 valence electrons. The molecule has 1 amide bonds. The molecule has 3 aromatic rings. The lowest BCUT2D eigenvalue weighted by atomic mass is 10.0. The Kier molecular flexibility index (Phi) is 4.53. The fourth-order valence-corrected chi connectivity index (χ4v) is 3.81. The Hall–Kier alpha value is -2.57. The Balaban J connectivity index is 1.65. The van der Waals surface area contributed by atoms with Gasteiger partial charge in [0.2, 0.25) is 6.79 Å². The average Bonchev–Trinajstić information content (AvgIpc) is 3.32. The first-order chi connectivity index (χ1) is 12.6. The van der Waals surface area contributed by atoms with Crippen molar-refractivity contribution in [2.75, 3.05) is 6.79 Å². The summed E-state index contributed by atoms with van der Waals surface area (Å²) in [6.07, 6.45) is 0. The molecule has 0 saturated heterocycles. The summed E-state index contributed by atoms with van der Waals surface area (Å²) < 4.78 is 23.9. The number of halogens is 2. The van der Waals surface area contributed by atoms with Crippen molar-refractivity contribution in [3.63, 3.8) is 0 Å². The monoisotopic (exact) mass is 389 g/mol. The summed E-state index contributed by atoms with van der Waals surface area (Å²) in [5.74, 6) is 0.245. The van der Waals surface area contributed by atoms with Crippen LogP contribution in [0.5, 0.6) is 11.5 Å². The Morgan fingerprint density at radius 3 is 2.73 bits per heavy atom. The molecule has 0 aliphatic carbocycles. The summed E-state index contributed by atoms with van der Waals surface area (Å²) in [6.45, 7) is 0.0769. The van der Waals surface area contributed by atoms with Crippen molar-refractivity contribution < 1.29 is 18.7 Å². The zero-order valence-electron chi connectivity index (χ0n) is 13.4. The highest BCUT2D eigenvalue weighted by Gasteiger charge is 2.23. The van der Waals surface area contributed by atoms with Gasteiger partial charge in [-0.15, -0.1) is 11.3 Å². The first-order valence-corrected chi connectivity index (χ1v) is 9.06. The highest BCUT2D eigenvalue weighted by atomic mass is 35.5. The summed E-state index contributed by atoms with van der Waals surface area (Å²) in [4.78, 5) is 13.7. The zero-order chi connectivity index (χ0) is 18.1. The number of hydrogen-bond donors (Lipinski definition) is 1. The third kappa shape index (κ3) is 3.25. The molecule has 4 rings (SSSR count). The van der Waals surface area contributed by atoms with Crippen molar-refractivity contribution in [2.24, 2.45) is 0 Å². The van der Waals surface area contributed by atoms with Crippen LogP contribution in [0.2, 0.25) is 5.02 Å². The van der Waals surface area contributed by atoms with E-state index < -0.39 is 6.04 Å². The van der Waals surface area contributed by atoms with Crippen molar-refractivity contribution in [2.45, 2.75) is 6.04 Å². The number of hydrogen-bond acceptors (Lipinski definition) is 4. The van der Waals surface area contributed by atoms with Gasteiger partial charge in [0.15, 0.2) is 11.5 Å². The number of amides is 1. The summed E-state index contributed by atoms with van der Waals surface area (Å²) >= 11 is 7.68. The van der Waals surface area contributed by atoms with Crippen LogP contribution in [-0.2, 0) is 0 Å². The van der Waals surface area contributed by atoms with E-state index in [1.807, 2.05) is 17.5 Å². The topological polar surface area (TPSA) is 47.6 Å². The lowest BCUT2D eigenvalue weighted by Gasteiger charge is -2.18. The second kappa shape index (κ2) is 6.97. The third-order valence-corrected chi connectivity index (χ3v) is 5.21. The fourth-order valence-electron chi connectivity index (χ4n) is 2.74. The third-order valence-electron chi connectivity index (χ3n) is 4.00. The number of fused-ring (bicyclic) bond motifs is 1. The summed E-state index contributed by atoms with van der Waals surface area (Å²) in [5.41, 5.74) is 1.15. The van der Waals surface area contributed by atoms with E-state index in [0.717, 1.165) is 10.4 Å².